The van der Waals surface area contributed by atoms with Crippen LogP contribution in [0.4, 0.5) is 13.6 Å². The Kier molecular flexibility index (Phi) is 4.40. The van der Waals surface area contributed by atoms with Gasteiger partial charge in [0.15, 0.2) is 0 Å². The van der Waals surface area contributed by atoms with E-state index >= 15 is 0 Å². The van der Waals surface area contributed by atoms with E-state index in [-0.39, 0.29) is 24.6 Å². The van der Waals surface area contributed by atoms with Crippen LogP contribution in [0.1, 0.15) is 31.0 Å². The summed E-state index contributed by atoms with van der Waals surface area (Å²) in [5, 5.41) is 2.49. The number of aryl methyl sites for hydroxylation is 1. The second kappa shape index (κ2) is 5.33. The molecule has 1 N–H and O–H groups in total. The molecule has 1 heterocycles. The first-order valence-electron chi connectivity index (χ1n) is 5.71. The summed E-state index contributed by atoms with van der Waals surface area (Å²) in [7, 11) is 0. The molecule has 1 aromatic rings. The Balaban J connectivity index is 0.00000180. The van der Waals surface area contributed by atoms with Gasteiger partial charge in [-0.25, -0.2) is 13.6 Å². The van der Waals surface area contributed by atoms with E-state index < -0.39 is 29.2 Å². The second-order valence-electron chi connectivity index (χ2n) is 5.23. The Morgan fingerprint density at radius 1 is 1.37 bits per heavy atom. The third-order valence-electron chi connectivity index (χ3n) is 3.23. The lowest BCUT2D eigenvalue weighted by Gasteiger charge is -2.38. The molecule has 6 heteroatoms. The largest absolute Gasteiger partial charge is 0.449 e. The van der Waals surface area contributed by atoms with Gasteiger partial charge in [-0.2, -0.15) is 0 Å². The molecule has 0 saturated carbocycles. The highest BCUT2D eigenvalue weighted by Gasteiger charge is 2.40. The van der Waals surface area contributed by atoms with Gasteiger partial charge in [-0.3, -0.25) is 0 Å². The number of halogens is 3. The number of rotatable bonds is 1. The molecule has 19 heavy (non-hydrogen) atoms. The van der Waals surface area contributed by atoms with Crippen LogP contribution in [-0.2, 0) is 4.74 Å². The van der Waals surface area contributed by atoms with Crippen LogP contribution in [0.5, 0.6) is 0 Å². The summed E-state index contributed by atoms with van der Waals surface area (Å²) in [5.74, 6) is -1.27. The average Bonchev–Trinajstić information content (AvgIpc) is 2.29. The maximum absolute atomic E-state index is 14.1. The molecule has 1 aliphatic heterocycles. The molecule has 106 valence electrons. The quantitative estimate of drug-likeness (QED) is 0.860. The van der Waals surface area contributed by atoms with Crippen molar-refractivity contribution < 1.29 is 18.3 Å². The zero-order valence-corrected chi connectivity index (χ0v) is 11.7. The number of alkyl carbamates (subject to hydrolysis) is 1. The maximum atomic E-state index is 14.1. The first kappa shape index (κ1) is 15.7. The smallest absolute Gasteiger partial charge is 0.407 e. The summed E-state index contributed by atoms with van der Waals surface area (Å²) in [6, 6.07) is 1.85. The second-order valence-corrected chi connectivity index (χ2v) is 5.23. The number of hydrogen-bond donors (Lipinski definition) is 1. The predicted octanol–water partition coefficient (Wildman–Crippen LogP) is 3.50. The van der Waals surface area contributed by atoms with Gasteiger partial charge in [0.25, 0.3) is 0 Å². The van der Waals surface area contributed by atoms with Gasteiger partial charge < -0.3 is 10.1 Å². The highest BCUT2D eigenvalue weighted by Crippen LogP contribution is 2.39. The van der Waals surface area contributed by atoms with Crippen LogP contribution in [0.3, 0.4) is 0 Å². The van der Waals surface area contributed by atoms with Gasteiger partial charge in [-0.1, -0.05) is 19.9 Å². The normalized spacial score (nSPS) is 21.1. The molecular weight excluding hydrogens is 276 g/mol. The fourth-order valence-corrected chi connectivity index (χ4v) is 2.10. The molecule has 0 unspecified atom stereocenters. The van der Waals surface area contributed by atoms with Crippen LogP contribution in [-0.4, -0.2) is 12.7 Å². The number of amides is 1. The van der Waals surface area contributed by atoms with Crippen molar-refractivity contribution in [3.63, 3.8) is 0 Å². The number of carbonyl (C=O) groups is 1. The summed E-state index contributed by atoms with van der Waals surface area (Å²) in [5.41, 5.74) is -0.330. The molecule has 1 atom stereocenters. The molecule has 1 aliphatic rings. The van der Waals surface area contributed by atoms with Crippen LogP contribution in [0, 0.1) is 24.0 Å². The zero-order chi connectivity index (χ0) is 13.5. The van der Waals surface area contributed by atoms with Crippen molar-refractivity contribution in [2.45, 2.75) is 26.8 Å². The van der Waals surface area contributed by atoms with Crippen molar-refractivity contribution in [1.29, 1.82) is 0 Å². The number of carbonyl (C=O) groups excluding carboxylic acids is 1. The van der Waals surface area contributed by atoms with Crippen LogP contribution in [0.2, 0.25) is 0 Å². The third kappa shape index (κ3) is 2.81. The monoisotopic (exact) mass is 291 g/mol. The van der Waals surface area contributed by atoms with Gasteiger partial charge in [0.05, 0.1) is 6.04 Å². The lowest BCUT2D eigenvalue weighted by Crippen LogP contribution is -2.47. The highest BCUT2D eigenvalue weighted by atomic mass is 35.5. The molecule has 1 fully saturated rings. The van der Waals surface area contributed by atoms with Gasteiger partial charge in [-0.15, -0.1) is 12.4 Å². The first-order valence-corrected chi connectivity index (χ1v) is 5.71. The van der Waals surface area contributed by atoms with Crippen molar-refractivity contribution >= 4 is 18.5 Å². The average molecular weight is 292 g/mol. The summed E-state index contributed by atoms with van der Waals surface area (Å²) in [4.78, 5) is 11.3. The lowest BCUT2D eigenvalue weighted by atomic mass is 9.79. The van der Waals surface area contributed by atoms with E-state index in [4.69, 9.17) is 4.74 Å². The number of cyclic esters (lactones) is 1. The molecule has 0 spiro atoms. The Morgan fingerprint density at radius 3 is 2.63 bits per heavy atom. The molecule has 0 aliphatic carbocycles. The summed E-state index contributed by atoms with van der Waals surface area (Å²) in [6.45, 7) is 5.26. The van der Waals surface area contributed by atoms with Gasteiger partial charge in [0.2, 0.25) is 0 Å². The molecule has 3 nitrogen and oxygen atoms in total. The van der Waals surface area contributed by atoms with Crippen LogP contribution < -0.4 is 5.32 Å². The fourth-order valence-electron chi connectivity index (χ4n) is 2.10. The minimum absolute atomic E-state index is 0. The highest BCUT2D eigenvalue weighted by molar-refractivity contribution is 5.85. The van der Waals surface area contributed by atoms with Gasteiger partial charge >= 0.3 is 6.09 Å². The standard InChI is InChI=1S/C13H15F2NO2.ClH/c1-7-4-5-8(14)9(10(7)15)11-13(2,3)6-18-12(17)16-11;/h4-5,11H,6H2,1-3H3,(H,16,17);1H/t11-;/m0./s1. The molecule has 1 aromatic carbocycles. The summed E-state index contributed by atoms with van der Waals surface area (Å²) < 4.78 is 32.8. The van der Waals surface area contributed by atoms with E-state index in [1.165, 1.54) is 12.1 Å². The predicted molar refractivity (Wildman–Crippen MR) is 69.3 cm³/mol. The van der Waals surface area contributed by atoms with Gasteiger partial charge in [0, 0.05) is 11.0 Å². The Hall–Kier alpha value is -1.36. The van der Waals surface area contributed by atoms with Crippen molar-refractivity contribution in [2.75, 3.05) is 6.61 Å². The van der Waals surface area contributed by atoms with Crippen LogP contribution >= 0.6 is 12.4 Å². The minimum Gasteiger partial charge on any atom is -0.449 e. The molecule has 1 saturated heterocycles. The molecule has 0 radical (unpaired) electrons. The molecular formula is C13H16ClF2NO2. The summed E-state index contributed by atoms with van der Waals surface area (Å²) >= 11 is 0. The number of benzene rings is 1. The topological polar surface area (TPSA) is 38.3 Å². The molecule has 0 aromatic heterocycles. The maximum Gasteiger partial charge on any atom is 0.407 e. The van der Waals surface area contributed by atoms with Gasteiger partial charge in [0.1, 0.15) is 18.2 Å². The summed E-state index contributed by atoms with van der Waals surface area (Å²) in [6.07, 6.45) is -0.653. The minimum atomic E-state index is -0.737. The van der Waals surface area contributed by atoms with E-state index in [1.807, 2.05) is 0 Å². The van der Waals surface area contributed by atoms with E-state index in [1.54, 1.807) is 20.8 Å². The van der Waals surface area contributed by atoms with E-state index in [2.05, 4.69) is 5.32 Å². The van der Waals surface area contributed by atoms with E-state index in [0.29, 0.717) is 5.56 Å². The Labute approximate surface area is 116 Å². The molecule has 2 rings (SSSR count). The molecule has 0 bridgehead atoms. The van der Waals surface area contributed by atoms with Crippen LogP contribution in [0.15, 0.2) is 12.1 Å². The number of nitrogens with one attached hydrogen (secondary N) is 1. The first-order chi connectivity index (χ1) is 8.33. The zero-order valence-electron chi connectivity index (χ0n) is 10.9. The van der Waals surface area contributed by atoms with Crippen molar-refractivity contribution in [3.05, 3.63) is 34.9 Å². The van der Waals surface area contributed by atoms with E-state index in [0.717, 1.165) is 0 Å². The fraction of sp³-hybridized carbons (Fsp3) is 0.462. The van der Waals surface area contributed by atoms with Crippen molar-refractivity contribution in [3.8, 4) is 0 Å². The number of ether oxygens (including phenoxy) is 1. The SMILES string of the molecule is Cc1ccc(F)c([C@@H]2NC(=O)OCC2(C)C)c1F.Cl. The van der Waals surface area contributed by atoms with Gasteiger partial charge in [-0.05, 0) is 18.6 Å². The van der Waals surface area contributed by atoms with E-state index in [9.17, 15) is 13.6 Å². The Bertz CT molecular complexity index is 506. The number of hydrogen-bond acceptors (Lipinski definition) is 2. The van der Waals surface area contributed by atoms with Crippen LogP contribution in [0.25, 0.3) is 0 Å². The van der Waals surface area contributed by atoms with Crippen molar-refractivity contribution in [1.82, 2.24) is 5.32 Å². The Morgan fingerprint density at radius 2 is 2.00 bits per heavy atom. The lowest BCUT2D eigenvalue weighted by molar-refractivity contribution is 0.0367. The third-order valence-corrected chi connectivity index (χ3v) is 3.23. The van der Waals surface area contributed by atoms with Crippen molar-refractivity contribution in [2.24, 2.45) is 5.41 Å². The molecule has 1 amide bonds.